The fraction of sp³-hybridized carbons (Fsp3) is 0.385. The van der Waals surface area contributed by atoms with Crippen LogP contribution in [0.15, 0.2) is 18.2 Å². The van der Waals surface area contributed by atoms with Crippen LogP contribution in [0.3, 0.4) is 0 Å². The average Bonchev–Trinajstić information content (AvgIpc) is 2.31. The van der Waals surface area contributed by atoms with E-state index < -0.39 is 23.5 Å². The van der Waals surface area contributed by atoms with Crippen molar-refractivity contribution in [2.45, 2.75) is 26.3 Å². The largest absolute Gasteiger partial charge is 0.481 e. The van der Waals surface area contributed by atoms with Gasteiger partial charge in [-0.1, -0.05) is 0 Å². The van der Waals surface area contributed by atoms with E-state index in [0.29, 0.717) is 0 Å². The fourth-order valence-electron chi connectivity index (χ4n) is 1.63. The van der Waals surface area contributed by atoms with Crippen LogP contribution in [0.4, 0.5) is 8.78 Å². The maximum atomic E-state index is 13.5. The average molecular weight is 271 g/mol. The number of carbonyl (C=O) groups excluding carboxylic acids is 1. The molecule has 0 atom stereocenters. The molecule has 1 amide bonds. The molecule has 6 heteroatoms. The maximum absolute atomic E-state index is 13.5. The molecule has 104 valence electrons. The van der Waals surface area contributed by atoms with Gasteiger partial charge < -0.3 is 10.0 Å². The molecule has 0 aliphatic rings. The van der Waals surface area contributed by atoms with Gasteiger partial charge in [0.25, 0.3) is 5.91 Å². The van der Waals surface area contributed by atoms with Crippen LogP contribution in [0.25, 0.3) is 0 Å². The zero-order valence-electron chi connectivity index (χ0n) is 10.7. The molecule has 0 spiro atoms. The number of carbonyl (C=O) groups is 2. The van der Waals surface area contributed by atoms with Gasteiger partial charge in [-0.15, -0.1) is 0 Å². The van der Waals surface area contributed by atoms with Crippen molar-refractivity contribution in [3.63, 3.8) is 0 Å². The van der Waals surface area contributed by atoms with Gasteiger partial charge >= 0.3 is 5.97 Å². The third-order valence-electron chi connectivity index (χ3n) is 2.61. The van der Waals surface area contributed by atoms with Crippen molar-refractivity contribution in [3.8, 4) is 0 Å². The number of hydrogen-bond donors (Lipinski definition) is 1. The molecule has 0 unspecified atom stereocenters. The summed E-state index contributed by atoms with van der Waals surface area (Å²) in [6.45, 7) is 3.30. The third kappa shape index (κ3) is 4.01. The second-order valence-corrected chi connectivity index (χ2v) is 4.36. The van der Waals surface area contributed by atoms with E-state index in [1.807, 2.05) is 0 Å². The smallest absolute Gasteiger partial charge is 0.305 e. The molecule has 0 aromatic heterocycles. The van der Waals surface area contributed by atoms with E-state index in [9.17, 15) is 18.4 Å². The molecule has 0 aliphatic carbocycles. The summed E-state index contributed by atoms with van der Waals surface area (Å²) in [4.78, 5) is 23.8. The Labute approximate surface area is 109 Å². The topological polar surface area (TPSA) is 57.6 Å². The van der Waals surface area contributed by atoms with Crippen molar-refractivity contribution >= 4 is 11.9 Å². The molecule has 0 heterocycles. The molecule has 0 aliphatic heterocycles. The van der Waals surface area contributed by atoms with Gasteiger partial charge in [-0.05, 0) is 32.0 Å². The highest BCUT2D eigenvalue weighted by atomic mass is 19.1. The zero-order valence-corrected chi connectivity index (χ0v) is 10.7. The van der Waals surface area contributed by atoms with E-state index in [1.54, 1.807) is 13.8 Å². The molecule has 0 saturated carbocycles. The van der Waals surface area contributed by atoms with Gasteiger partial charge in [-0.3, -0.25) is 9.59 Å². The Balaban J connectivity index is 2.99. The summed E-state index contributed by atoms with van der Waals surface area (Å²) < 4.78 is 26.6. The molecule has 0 saturated heterocycles. The SMILES string of the molecule is CC(C)N(CCC(=O)O)C(=O)c1cc(F)ccc1F. The van der Waals surface area contributed by atoms with Crippen molar-refractivity contribution in [1.82, 2.24) is 4.90 Å². The summed E-state index contributed by atoms with van der Waals surface area (Å²) in [6, 6.07) is 2.30. The van der Waals surface area contributed by atoms with Crippen LogP contribution < -0.4 is 0 Å². The van der Waals surface area contributed by atoms with E-state index in [1.165, 1.54) is 4.90 Å². The Morgan fingerprint density at radius 2 is 1.95 bits per heavy atom. The van der Waals surface area contributed by atoms with Gasteiger partial charge in [-0.2, -0.15) is 0 Å². The molecule has 0 bridgehead atoms. The molecule has 0 fully saturated rings. The summed E-state index contributed by atoms with van der Waals surface area (Å²) in [6.07, 6.45) is -0.249. The number of benzene rings is 1. The predicted molar refractivity (Wildman–Crippen MR) is 64.8 cm³/mol. The van der Waals surface area contributed by atoms with Gasteiger partial charge in [0, 0.05) is 12.6 Å². The lowest BCUT2D eigenvalue weighted by molar-refractivity contribution is -0.137. The second-order valence-electron chi connectivity index (χ2n) is 4.36. The molecular weight excluding hydrogens is 256 g/mol. The summed E-state index contributed by atoms with van der Waals surface area (Å²) in [5, 5.41) is 8.62. The minimum absolute atomic E-state index is 0.0538. The summed E-state index contributed by atoms with van der Waals surface area (Å²) in [5.41, 5.74) is -0.390. The number of nitrogens with zero attached hydrogens (tertiary/aromatic N) is 1. The van der Waals surface area contributed by atoms with E-state index in [0.717, 1.165) is 18.2 Å². The Kier molecular flexibility index (Phi) is 4.97. The minimum Gasteiger partial charge on any atom is -0.481 e. The van der Waals surface area contributed by atoms with Crippen LogP contribution >= 0.6 is 0 Å². The number of carboxylic acid groups (broad SMARTS) is 1. The number of rotatable bonds is 5. The van der Waals surface area contributed by atoms with Crippen LogP contribution in [0, 0.1) is 11.6 Å². The first-order valence-electron chi connectivity index (χ1n) is 5.80. The van der Waals surface area contributed by atoms with Crippen molar-refractivity contribution in [3.05, 3.63) is 35.4 Å². The van der Waals surface area contributed by atoms with Crippen molar-refractivity contribution in [2.24, 2.45) is 0 Å². The molecule has 1 aromatic carbocycles. The quantitative estimate of drug-likeness (QED) is 0.893. The van der Waals surface area contributed by atoms with Crippen molar-refractivity contribution in [2.75, 3.05) is 6.54 Å². The second kappa shape index (κ2) is 6.26. The highest BCUT2D eigenvalue weighted by Crippen LogP contribution is 2.14. The van der Waals surface area contributed by atoms with Gasteiger partial charge in [-0.25, -0.2) is 8.78 Å². The number of hydrogen-bond acceptors (Lipinski definition) is 2. The predicted octanol–water partition coefficient (Wildman–Crippen LogP) is 2.29. The number of amides is 1. The maximum Gasteiger partial charge on any atom is 0.305 e. The number of halogens is 2. The van der Waals surface area contributed by atoms with E-state index in [2.05, 4.69) is 0 Å². The highest BCUT2D eigenvalue weighted by Gasteiger charge is 2.22. The minimum atomic E-state index is -1.06. The monoisotopic (exact) mass is 271 g/mol. The standard InChI is InChI=1S/C13H15F2NO3/c1-8(2)16(6-5-12(17)18)13(19)10-7-9(14)3-4-11(10)15/h3-4,7-8H,5-6H2,1-2H3,(H,17,18). The Morgan fingerprint density at radius 3 is 2.47 bits per heavy atom. The van der Waals surface area contributed by atoms with Crippen LogP contribution in [-0.2, 0) is 4.79 Å². The highest BCUT2D eigenvalue weighted by molar-refractivity contribution is 5.94. The third-order valence-corrected chi connectivity index (χ3v) is 2.61. The first-order chi connectivity index (χ1) is 8.82. The van der Waals surface area contributed by atoms with Crippen molar-refractivity contribution in [1.29, 1.82) is 0 Å². The van der Waals surface area contributed by atoms with Gasteiger partial charge in [0.1, 0.15) is 11.6 Å². The molecule has 0 radical (unpaired) electrons. The van der Waals surface area contributed by atoms with Gasteiger partial charge in [0.05, 0.1) is 12.0 Å². The molecule has 1 aromatic rings. The van der Waals surface area contributed by atoms with Crippen molar-refractivity contribution < 1.29 is 23.5 Å². The van der Waals surface area contributed by atoms with Gasteiger partial charge in [0.15, 0.2) is 0 Å². The van der Waals surface area contributed by atoms with Crippen LogP contribution in [0.2, 0.25) is 0 Å². The lowest BCUT2D eigenvalue weighted by atomic mass is 10.1. The van der Waals surface area contributed by atoms with E-state index in [4.69, 9.17) is 5.11 Å². The van der Waals surface area contributed by atoms with Crippen LogP contribution in [-0.4, -0.2) is 34.5 Å². The zero-order chi connectivity index (χ0) is 14.6. The number of carboxylic acids is 1. The molecular formula is C13H15F2NO3. The molecule has 1 N–H and O–H groups in total. The summed E-state index contributed by atoms with van der Waals surface area (Å²) >= 11 is 0. The van der Waals surface area contributed by atoms with Gasteiger partial charge in [0.2, 0.25) is 0 Å². The van der Waals surface area contributed by atoms with E-state index in [-0.39, 0.29) is 24.6 Å². The van der Waals surface area contributed by atoms with E-state index >= 15 is 0 Å². The normalized spacial score (nSPS) is 10.6. The number of aliphatic carboxylic acids is 1. The Hall–Kier alpha value is -1.98. The molecule has 19 heavy (non-hydrogen) atoms. The van der Waals surface area contributed by atoms with Crippen LogP contribution in [0.5, 0.6) is 0 Å². The Morgan fingerprint density at radius 1 is 1.32 bits per heavy atom. The lowest BCUT2D eigenvalue weighted by Crippen LogP contribution is -2.39. The molecule has 4 nitrogen and oxygen atoms in total. The first-order valence-corrected chi connectivity index (χ1v) is 5.80. The van der Waals surface area contributed by atoms with Crippen LogP contribution in [0.1, 0.15) is 30.6 Å². The molecule has 1 rings (SSSR count). The Bertz CT molecular complexity index is 489. The summed E-state index contributed by atoms with van der Waals surface area (Å²) in [5.74, 6) is -3.31. The first kappa shape index (κ1) is 15.1. The fourth-order valence-corrected chi connectivity index (χ4v) is 1.63. The summed E-state index contributed by atoms with van der Waals surface area (Å²) in [7, 11) is 0. The lowest BCUT2D eigenvalue weighted by Gasteiger charge is -2.26.